The van der Waals surface area contributed by atoms with E-state index in [-0.39, 0.29) is 0 Å². The minimum absolute atomic E-state index is 0.436. The van der Waals surface area contributed by atoms with Gasteiger partial charge in [0.2, 0.25) is 0 Å². The van der Waals surface area contributed by atoms with Crippen LogP contribution in [0.25, 0.3) is 0 Å². The molecule has 16 heavy (non-hydrogen) atoms. The second-order valence-corrected chi connectivity index (χ2v) is 4.42. The molecule has 0 bridgehead atoms. The molecule has 5 heteroatoms. The number of alkyl halides is 3. The van der Waals surface area contributed by atoms with Crippen molar-refractivity contribution in [2.75, 3.05) is 32.7 Å². The van der Waals surface area contributed by atoms with E-state index in [4.69, 9.17) is 0 Å². The summed E-state index contributed by atoms with van der Waals surface area (Å²) in [6.45, 7) is 7.58. The van der Waals surface area contributed by atoms with Gasteiger partial charge in [-0.2, -0.15) is 13.2 Å². The number of nitrogens with zero attached hydrogens (tertiary/aromatic N) is 1. The van der Waals surface area contributed by atoms with Crippen molar-refractivity contribution >= 4 is 0 Å². The summed E-state index contributed by atoms with van der Waals surface area (Å²) in [7, 11) is 0. The molecular formula is C11H23F3N2. The second kappa shape index (κ2) is 7.90. The Bertz CT molecular complexity index is 169. The minimum atomic E-state index is -4.09. The van der Waals surface area contributed by atoms with Crippen LogP contribution in [0.4, 0.5) is 13.2 Å². The zero-order chi connectivity index (χ0) is 12.6. The Morgan fingerprint density at radius 3 is 2.25 bits per heavy atom. The highest BCUT2D eigenvalue weighted by molar-refractivity contribution is 4.63. The number of likely N-dealkylation sites (N-methyl/N-ethyl adjacent to an activating group) is 1. The van der Waals surface area contributed by atoms with Crippen molar-refractivity contribution in [3.05, 3.63) is 0 Å². The third-order valence-electron chi connectivity index (χ3n) is 2.35. The maximum atomic E-state index is 12.1. The topological polar surface area (TPSA) is 15.3 Å². The van der Waals surface area contributed by atoms with Crippen LogP contribution in [0.3, 0.4) is 0 Å². The van der Waals surface area contributed by atoms with Gasteiger partial charge in [0, 0.05) is 13.1 Å². The fourth-order valence-corrected chi connectivity index (χ4v) is 1.36. The van der Waals surface area contributed by atoms with Crippen LogP contribution in [-0.4, -0.2) is 43.8 Å². The summed E-state index contributed by atoms with van der Waals surface area (Å²) >= 11 is 0. The van der Waals surface area contributed by atoms with Crippen molar-refractivity contribution in [1.29, 1.82) is 0 Å². The Morgan fingerprint density at radius 1 is 1.19 bits per heavy atom. The highest BCUT2D eigenvalue weighted by Gasteiger charge is 2.29. The summed E-state index contributed by atoms with van der Waals surface area (Å²) in [6.07, 6.45) is -3.03. The summed E-state index contributed by atoms with van der Waals surface area (Å²) in [5.41, 5.74) is 0. The van der Waals surface area contributed by atoms with Crippen molar-refractivity contribution in [1.82, 2.24) is 10.2 Å². The second-order valence-electron chi connectivity index (χ2n) is 4.42. The predicted molar refractivity (Wildman–Crippen MR) is 60.5 cm³/mol. The summed E-state index contributed by atoms with van der Waals surface area (Å²) < 4.78 is 36.3. The number of halogens is 3. The summed E-state index contributed by atoms with van der Waals surface area (Å²) in [5.74, 6) is 0.630. The first-order chi connectivity index (χ1) is 7.35. The molecule has 0 aliphatic heterocycles. The van der Waals surface area contributed by atoms with Crippen LogP contribution in [0, 0.1) is 5.92 Å². The van der Waals surface area contributed by atoms with Gasteiger partial charge in [-0.3, -0.25) is 4.90 Å². The first-order valence-corrected chi connectivity index (χ1v) is 5.85. The lowest BCUT2D eigenvalue weighted by Gasteiger charge is -2.22. The van der Waals surface area contributed by atoms with Crippen molar-refractivity contribution < 1.29 is 13.2 Å². The average molecular weight is 240 g/mol. The van der Waals surface area contributed by atoms with Crippen LogP contribution >= 0.6 is 0 Å². The van der Waals surface area contributed by atoms with Crippen LogP contribution in [0.5, 0.6) is 0 Å². The zero-order valence-corrected chi connectivity index (χ0v) is 10.4. The van der Waals surface area contributed by atoms with E-state index in [1.807, 2.05) is 0 Å². The molecule has 0 saturated carbocycles. The fraction of sp³-hybridized carbons (Fsp3) is 1.00. The molecule has 0 amide bonds. The molecule has 0 aromatic carbocycles. The Hall–Kier alpha value is -0.290. The fourth-order valence-electron chi connectivity index (χ4n) is 1.36. The molecule has 0 spiro atoms. The van der Waals surface area contributed by atoms with E-state index >= 15 is 0 Å². The Labute approximate surface area is 96.2 Å². The van der Waals surface area contributed by atoms with Crippen molar-refractivity contribution in [2.24, 2.45) is 5.92 Å². The molecule has 0 saturated heterocycles. The van der Waals surface area contributed by atoms with E-state index in [2.05, 4.69) is 19.2 Å². The Kier molecular flexibility index (Phi) is 7.76. The molecule has 0 fully saturated rings. The molecule has 0 aromatic heterocycles. The highest BCUT2D eigenvalue weighted by Crippen LogP contribution is 2.15. The largest absolute Gasteiger partial charge is 0.401 e. The van der Waals surface area contributed by atoms with E-state index < -0.39 is 12.7 Å². The van der Waals surface area contributed by atoms with E-state index in [1.54, 1.807) is 6.92 Å². The van der Waals surface area contributed by atoms with E-state index in [0.717, 1.165) is 13.0 Å². The van der Waals surface area contributed by atoms with Gasteiger partial charge in [0.05, 0.1) is 6.54 Å². The Morgan fingerprint density at radius 2 is 1.81 bits per heavy atom. The van der Waals surface area contributed by atoms with Gasteiger partial charge in [0.25, 0.3) is 0 Å². The van der Waals surface area contributed by atoms with Gasteiger partial charge in [-0.1, -0.05) is 20.8 Å². The average Bonchev–Trinajstić information content (AvgIpc) is 2.13. The van der Waals surface area contributed by atoms with Gasteiger partial charge >= 0.3 is 6.18 Å². The maximum Gasteiger partial charge on any atom is 0.401 e. The first kappa shape index (κ1) is 15.7. The summed E-state index contributed by atoms with van der Waals surface area (Å²) in [4.78, 5) is 1.41. The molecule has 0 aromatic rings. The minimum Gasteiger partial charge on any atom is -0.315 e. The van der Waals surface area contributed by atoms with Crippen LogP contribution in [0.2, 0.25) is 0 Å². The highest BCUT2D eigenvalue weighted by atomic mass is 19.4. The van der Waals surface area contributed by atoms with Crippen molar-refractivity contribution in [3.63, 3.8) is 0 Å². The normalized spacial score (nSPS) is 12.8. The van der Waals surface area contributed by atoms with Gasteiger partial charge < -0.3 is 5.32 Å². The third-order valence-corrected chi connectivity index (χ3v) is 2.35. The molecule has 1 N–H and O–H groups in total. The van der Waals surface area contributed by atoms with Crippen molar-refractivity contribution in [3.8, 4) is 0 Å². The number of hydrogen-bond donors (Lipinski definition) is 1. The smallest absolute Gasteiger partial charge is 0.315 e. The maximum absolute atomic E-state index is 12.1. The quantitative estimate of drug-likeness (QED) is 0.656. The molecular weight excluding hydrogens is 217 g/mol. The van der Waals surface area contributed by atoms with Crippen LogP contribution in [0.15, 0.2) is 0 Å². The number of hydrogen-bond acceptors (Lipinski definition) is 2. The molecule has 0 atom stereocenters. The zero-order valence-electron chi connectivity index (χ0n) is 10.4. The SMILES string of the molecule is CCN(CCNCCC(C)C)CC(F)(F)F. The number of rotatable bonds is 8. The number of nitrogens with one attached hydrogen (secondary N) is 1. The molecule has 0 heterocycles. The first-order valence-electron chi connectivity index (χ1n) is 5.85. The molecule has 2 nitrogen and oxygen atoms in total. The molecule has 98 valence electrons. The lowest BCUT2D eigenvalue weighted by molar-refractivity contribution is -0.145. The van der Waals surface area contributed by atoms with Crippen LogP contribution < -0.4 is 5.32 Å². The lowest BCUT2D eigenvalue weighted by Crippen LogP contribution is -2.38. The third kappa shape index (κ3) is 10.2. The summed E-state index contributed by atoms with van der Waals surface area (Å²) in [6, 6.07) is 0. The Balaban J connectivity index is 3.56. The van der Waals surface area contributed by atoms with Crippen LogP contribution in [0.1, 0.15) is 27.2 Å². The molecule has 0 aliphatic rings. The van der Waals surface area contributed by atoms with Gasteiger partial charge in [-0.25, -0.2) is 0 Å². The lowest BCUT2D eigenvalue weighted by atomic mass is 10.1. The molecule has 0 unspecified atom stereocenters. The molecule has 0 aliphatic carbocycles. The monoisotopic (exact) mass is 240 g/mol. The van der Waals surface area contributed by atoms with Crippen molar-refractivity contribution in [2.45, 2.75) is 33.4 Å². The van der Waals surface area contributed by atoms with Crippen LogP contribution in [-0.2, 0) is 0 Å². The van der Waals surface area contributed by atoms with Gasteiger partial charge in [0.1, 0.15) is 0 Å². The van der Waals surface area contributed by atoms with E-state index in [0.29, 0.717) is 25.6 Å². The van der Waals surface area contributed by atoms with Gasteiger partial charge in [-0.05, 0) is 25.4 Å². The summed E-state index contributed by atoms with van der Waals surface area (Å²) in [5, 5.41) is 3.16. The van der Waals surface area contributed by atoms with Gasteiger partial charge in [-0.15, -0.1) is 0 Å². The van der Waals surface area contributed by atoms with Gasteiger partial charge in [0.15, 0.2) is 0 Å². The van der Waals surface area contributed by atoms with E-state index in [1.165, 1.54) is 4.90 Å². The standard InChI is InChI=1S/C11H23F3N2/c1-4-16(9-11(12,13)14)8-7-15-6-5-10(2)3/h10,15H,4-9H2,1-3H3. The molecule has 0 radical (unpaired) electrons. The van der Waals surface area contributed by atoms with E-state index in [9.17, 15) is 13.2 Å². The molecule has 0 rings (SSSR count). The predicted octanol–water partition coefficient (Wildman–Crippen LogP) is 2.51.